The van der Waals surface area contributed by atoms with Crippen LogP contribution in [0.2, 0.25) is 5.02 Å². The Hall–Kier alpha value is -2.17. The smallest absolute Gasteiger partial charge is 0.380 e. The zero-order valence-corrected chi connectivity index (χ0v) is 23.9. The largest absolute Gasteiger partial charge is 0.426 e. The molecule has 2 aromatic rings. The summed E-state index contributed by atoms with van der Waals surface area (Å²) in [6, 6.07) is 9.32. The summed E-state index contributed by atoms with van der Waals surface area (Å²) in [6.07, 6.45) is -3.78. The van der Waals surface area contributed by atoms with Gasteiger partial charge in [0.2, 0.25) is 5.67 Å². The Morgan fingerprint density at radius 1 is 1.10 bits per heavy atom. The van der Waals surface area contributed by atoms with Crippen LogP contribution in [-0.2, 0) is 38.6 Å². The molecule has 0 bridgehead atoms. The molecule has 0 aromatic heterocycles. The minimum atomic E-state index is -5.08. The fraction of sp³-hybridized carbons (Fsp3) is 0.552. The third-order valence-electron chi connectivity index (χ3n) is 9.28. The summed E-state index contributed by atoms with van der Waals surface area (Å²) >= 11 is 6.41. The van der Waals surface area contributed by atoms with Gasteiger partial charge in [0, 0.05) is 23.0 Å². The normalized spacial score (nSPS) is 27.0. The average molecular weight is 602 g/mol. The lowest BCUT2D eigenvalue weighted by atomic mass is 9.63. The summed E-state index contributed by atoms with van der Waals surface area (Å²) in [5.74, 6) is -1.05. The molecule has 2 aliphatic heterocycles. The maximum Gasteiger partial charge on any atom is 0.426 e. The van der Waals surface area contributed by atoms with Crippen LogP contribution >= 0.6 is 11.6 Å². The SMILES string of the molecule is Cc1ccc(CC23CCN(C(=O)C4(O)CCS(=O)(=O)CC4)C2CCc2cc(C(C)(F)C(F)(F)F)ccc23)cc1Cl. The van der Waals surface area contributed by atoms with Crippen molar-refractivity contribution < 1.29 is 35.9 Å². The van der Waals surface area contributed by atoms with Crippen molar-refractivity contribution >= 4 is 27.3 Å². The fourth-order valence-corrected chi connectivity index (χ4v) is 8.44. The number of sulfone groups is 1. The van der Waals surface area contributed by atoms with Gasteiger partial charge in [0.1, 0.15) is 5.60 Å². The molecule has 5 nitrogen and oxygen atoms in total. The number of carbonyl (C=O) groups is 1. The molecule has 2 saturated heterocycles. The molecule has 40 heavy (non-hydrogen) atoms. The molecule has 3 aliphatic rings. The second-order valence-electron chi connectivity index (χ2n) is 11.8. The quantitative estimate of drug-likeness (QED) is 0.479. The van der Waals surface area contributed by atoms with Gasteiger partial charge in [-0.1, -0.05) is 41.9 Å². The molecule has 0 saturated carbocycles. The molecule has 1 amide bonds. The summed E-state index contributed by atoms with van der Waals surface area (Å²) in [7, 11) is -3.32. The van der Waals surface area contributed by atoms with E-state index in [4.69, 9.17) is 11.6 Å². The third-order valence-corrected chi connectivity index (χ3v) is 11.3. The lowest BCUT2D eigenvalue weighted by Crippen LogP contribution is -2.57. The van der Waals surface area contributed by atoms with Gasteiger partial charge >= 0.3 is 6.18 Å². The molecular weight excluding hydrogens is 570 g/mol. The van der Waals surface area contributed by atoms with Crippen LogP contribution in [0.5, 0.6) is 0 Å². The van der Waals surface area contributed by atoms with E-state index in [-0.39, 0.29) is 30.4 Å². The number of hydrogen-bond donors (Lipinski definition) is 1. The van der Waals surface area contributed by atoms with E-state index < -0.39 is 44.2 Å². The first-order chi connectivity index (χ1) is 18.5. The number of hydrogen-bond acceptors (Lipinski definition) is 4. The molecule has 0 radical (unpaired) electrons. The van der Waals surface area contributed by atoms with Gasteiger partial charge in [-0.3, -0.25) is 4.79 Å². The van der Waals surface area contributed by atoms with Crippen LogP contribution in [0.4, 0.5) is 17.6 Å². The number of fused-ring (bicyclic) bond motifs is 3. The Balaban J connectivity index is 1.56. The molecule has 2 fully saturated rings. The molecular formula is C29H32ClF4NO4S. The van der Waals surface area contributed by atoms with Gasteiger partial charge in [-0.25, -0.2) is 12.8 Å². The number of aliphatic hydroxyl groups is 1. The number of benzene rings is 2. The first-order valence-corrected chi connectivity index (χ1v) is 15.6. The maximum atomic E-state index is 14.9. The lowest BCUT2D eigenvalue weighted by Gasteiger charge is -2.45. The number of likely N-dealkylation sites (tertiary alicyclic amines) is 1. The van der Waals surface area contributed by atoms with Crippen molar-refractivity contribution in [1.82, 2.24) is 4.90 Å². The highest BCUT2D eigenvalue weighted by Crippen LogP contribution is 2.51. The zero-order chi connectivity index (χ0) is 29.3. The zero-order valence-electron chi connectivity index (χ0n) is 22.3. The number of nitrogens with zero attached hydrogens (tertiary/aromatic N) is 1. The van der Waals surface area contributed by atoms with E-state index in [2.05, 4.69) is 0 Å². The van der Waals surface area contributed by atoms with Crippen LogP contribution in [0, 0.1) is 6.92 Å². The van der Waals surface area contributed by atoms with E-state index in [0.29, 0.717) is 49.7 Å². The predicted molar refractivity (Wildman–Crippen MR) is 144 cm³/mol. The van der Waals surface area contributed by atoms with E-state index in [1.54, 1.807) is 11.0 Å². The molecule has 1 N–H and O–H groups in total. The van der Waals surface area contributed by atoms with Crippen LogP contribution in [0.15, 0.2) is 36.4 Å². The summed E-state index contributed by atoms with van der Waals surface area (Å²) in [6.45, 7) is 2.69. The van der Waals surface area contributed by atoms with E-state index in [9.17, 15) is 35.9 Å². The van der Waals surface area contributed by atoms with Crippen molar-refractivity contribution in [1.29, 1.82) is 0 Å². The monoisotopic (exact) mass is 601 g/mol. The first kappa shape index (κ1) is 29.3. The van der Waals surface area contributed by atoms with Crippen molar-refractivity contribution in [3.63, 3.8) is 0 Å². The van der Waals surface area contributed by atoms with Gasteiger partial charge in [-0.2, -0.15) is 13.2 Å². The van der Waals surface area contributed by atoms with Gasteiger partial charge < -0.3 is 10.0 Å². The van der Waals surface area contributed by atoms with Crippen LogP contribution in [0.25, 0.3) is 0 Å². The van der Waals surface area contributed by atoms with Gasteiger partial charge in [0.25, 0.3) is 5.91 Å². The van der Waals surface area contributed by atoms with Gasteiger partial charge in [-0.15, -0.1) is 0 Å². The highest BCUT2D eigenvalue weighted by atomic mass is 35.5. The Bertz CT molecular complexity index is 1440. The molecule has 5 rings (SSSR count). The fourth-order valence-electron chi connectivity index (χ4n) is 6.73. The second-order valence-corrected chi connectivity index (χ2v) is 14.5. The van der Waals surface area contributed by atoms with Crippen molar-refractivity contribution in [2.75, 3.05) is 18.1 Å². The number of aryl methyl sites for hydroxylation is 2. The molecule has 11 heteroatoms. The van der Waals surface area contributed by atoms with E-state index >= 15 is 0 Å². The molecule has 3 unspecified atom stereocenters. The summed E-state index contributed by atoms with van der Waals surface area (Å²) in [4.78, 5) is 15.4. The number of carbonyl (C=O) groups excluding carboxylic acids is 1. The number of alkyl halides is 4. The first-order valence-electron chi connectivity index (χ1n) is 13.4. The van der Waals surface area contributed by atoms with Gasteiger partial charge in [0.05, 0.1) is 11.5 Å². The lowest BCUT2D eigenvalue weighted by molar-refractivity contribution is -0.228. The minimum absolute atomic E-state index is 0.176. The molecule has 218 valence electrons. The van der Waals surface area contributed by atoms with Gasteiger partial charge in [-0.05, 0) is 86.3 Å². The van der Waals surface area contributed by atoms with E-state index in [0.717, 1.165) is 16.7 Å². The van der Waals surface area contributed by atoms with Crippen LogP contribution in [-0.4, -0.2) is 60.2 Å². The molecule has 0 spiro atoms. The molecule has 3 atom stereocenters. The summed E-state index contributed by atoms with van der Waals surface area (Å²) in [5.41, 5.74) is -3.33. The minimum Gasteiger partial charge on any atom is -0.380 e. The van der Waals surface area contributed by atoms with Gasteiger partial charge in [0.15, 0.2) is 9.84 Å². The van der Waals surface area contributed by atoms with Crippen LogP contribution in [0.3, 0.4) is 0 Å². The number of halogens is 5. The maximum absolute atomic E-state index is 14.9. The van der Waals surface area contributed by atoms with Crippen molar-refractivity contribution in [2.24, 2.45) is 0 Å². The summed E-state index contributed by atoms with van der Waals surface area (Å²) < 4.78 is 79.4. The van der Waals surface area contributed by atoms with E-state index in [1.807, 2.05) is 25.1 Å². The number of amides is 1. The van der Waals surface area contributed by atoms with Crippen LogP contribution in [0.1, 0.15) is 60.4 Å². The number of rotatable bonds is 4. The van der Waals surface area contributed by atoms with Crippen LogP contribution < -0.4 is 0 Å². The van der Waals surface area contributed by atoms with Crippen molar-refractivity contribution in [3.8, 4) is 0 Å². The Morgan fingerprint density at radius 2 is 1.77 bits per heavy atom. The Labute approximate surface area is 236 Å². The third kappa shape index (κ3) is 4.83. The Kier molecular flexibility index (Phi) is 7.11. The van der Waals surface area contributed by atoms with Crippen molar-refractivity contribution in [2.45, 2.75) is 81.3 Å². The van der Waals surface area contributed by atoms with E-state index in [1.165, 1.54) is 12.1 Å². The van der Waals surface area contributed by atoms with Crippen molar-refractivity contribution in [3.05, 3.63) is 69.2 Å². The molecule has 2 heterocycles. The molecule has 1 aliphatic carbocycles. The molecule has 2 aromatic carbocycles. The highest BCUT2D eigenvalue weighted by molar-refractivity contribution is 7.91. The summed E-state index contributed by atoms with van der Waals surface area (Å²) in [5, 5.41) is 11.8. The topological polar surface area (TPSA) is 74.7 Å². The Morgan fingerprint density at radius 3 is 2.40 bits per heavy atom. The standard InChI is InChI=1S/C29H32ClF4NO4S/c1-18-3-4-19(15-23(18)30)17-27-9-12-35(25(36)28(37)10-13-40(38,39)14-11-28)24(27)8-5-20-16-21(6-7-22(20)27)26(2,31)29(32,33)34/h3-4,6-7,15-16,24,37H,5,8-14,17H2,1-2H3. The second kappa shape index (κ2) is 9.70. The average Bonchev–Trinajstić information content (AvgIpc) is 3.26. The predicted octanol–water partition coefficient (Wildman–Crippen LogP) is 5.36. The highest BCUT2D eigenvalue weighted by Gasteiger charge is 2.57.